The molecule has 35 heavy (non-hydrogen) atoms. The molecule has 3 amide bonds. The predicted molar refractivity (Wildman–Crippen MR) is 131 cm³/mol. The Morgan fingerprint density at radius 1 is 1.00 bits per heavy atom. The highest BCUT2D eigenvalue weighted by molar-refractivity contribution is 6.02. The molecule has 0 saturated carbocycles. The summed E-state index contributed by atoms with van der Waals surface area (Å²) in [5, 5.41) is 11.9. The van der Waals surface area contributed by atoms with Gasteiger partial charge in [-0.05, 0) is 42.1 Å². The van der Waals surface area contributed by atoms with E-state index < -0.39 is 0 Å². The number of anilines is 1. The summed E-state index contributed by atoms with van der Waals surface area (Å²) >= 11 is 0. The van der Waals surface area contributed by atoms with Crippen molar-refractivity contribution in [3.8, 4) is 17.1 Å². The number of carbonyl (C=O) groups is 2. The number of nitrogens with zero attached hydrogens (tertiary/aromatic N) is 4. The molecule has 9 nitrogen and oxygen atoms in total. The van der Waals surface area contributed by atoms with Gasteiger partial charge in [-0.2, -0.15) is 4.98 Å². The third-order valence-electron chi connectivity index (χ3n) is 5.95. The number of benzene rings is 3. The lowest BCUT2D eigenvalue weighted by atomic mass is 10.1. The Morgan fingerprint density at radius 2 is 1.77 bits per heavy atom. The van der Waals surface area contributed by atoms with Gasteiger partial charge < -0.3 is 14.6 Å². The van der Waals surface area contributed by atoms with E-state index in [1.807, 2.05) is 66.7 Å². The fourth-order valence-corrected chi connectivity index (χ4v) is 4.15. The Hall–Kier alpha value is -4.40. The summed E-state index contributed by atoms with van der Waals surface area (Å²) in [7, 11) is 1.60. The van der Waals surface area contributed by atoms with E-state index in [4.69, 9.17) is 9.26 Å². The maximum Gasteiger partial charge on any atom is 0.340 e. The number of aromatic nitrogens is 2. The van der Waals surface area contributed by atoms with Crippen molar-refractivity contribution in [3.63, 3.8) is 0 Å². The number of hydrogen-bond donors (Lipinski definition) is 1. The van der Waals surface area contributed by atoms with E-state index >= 15 is 0 Å². The lowest BCUT2D eigenvalue weighted by Gasteiger charge is -2.28. The van der Waals surface area contributed by atoms with Gasteiger partial charge in [-0.15, -0.1) is 0 Å². The van der Waals surface area contributed by atoms with Gasteiger partial charge in [0, 0.05) is 36.9 Å². The van der Waals surface area contributed by atoms with Gasteiger partial charge >= 0.3 is 6.03 Å². The fraction of sp³-hybridized carbons (Fsp3) is 0.231. The molecule has 0 atom stereocenters. The molecule has 0 radical (unpaired) electrons. The van der Waals surface area contributed by atoms with Crippen molar-refractivity contribution < 1.29 is 18.8 Å². The molecule has 1 fully saturated rings. The normalized spacial score (nSPS) is 13.3. The van der Waals surface area contributed by atoms with E-state index in [-0.39, 0.29) is 24.8 Å². The van der Waals surface area contributed by atoms with Crippen LogP contribution < -0.4 is 10.1 Å². The highest BCUT2D eigenvalue weighted by Crippen LogP contribution is 2.25. The summed E-state index contributed by atoms with van der Waals surface area (Å²) in [5.74, 6) is 1.39. The van der Waals surface area contributed by atoms with Crippen molar-refractivity contribution in [3.05, 3.63) is 72.6 Å². The zero-order chi connectivity index (χ0) is 24.2. The largest absolute Gasteiger partial charge is 0.497 e. The summed E-state index contributed by atoms with van der Waals surface area (Å²) in [6.07, 6.45) is 1.16. The number of methoxy groups -OCH3 is 1. The second-order valence-corrected chi connectivity index (χ2v) is 8.19. The van der Waals surface area contributed by atoms with Gasteiger partial charge in [-0.25, -0.2) is 9.80 Å². The van der Waals surface area contributed by atoms with E-state index in [1.165, 1.54) is 10.0 Å². The van der Waals surface area contributed by atoms with Crippen molar-refractivity contribution in [1.29, 1.82) is 0 Å². The number of urea groups is 1. The topological polar surface area (TPSA) is 101 Å². The molecule has 178 valence electrons. The number of rotatable bonds is 6. The quantitative estimate of drug-likeness (QED) is 0.444. The maximum absolute atomic E-state index is 13.0. The number of carbonyl (C=O) groups excluding carboxylic acids is 2. The summed E-state index contributed by atoms with van der Waals surface area (Å²) in [4.78, 5) is 30.4. The minimum atomic E-state index is -0.327. The monoisotopic (exact) mass is 471 g/mol. The second kappa shape index (κ2) is 9.84. The third-order valence-corrected chi connectivity index (χ3v) is 5.95. The zero-order valence-corrected chi connectivity index (χ0v) is 19.3. The first-order valence-electron chi connectivity index (χ1n) is 11.5. The summed E-state index contributed by atoms with van der Waals surface area (Å²) < 4.78 is 10.5. The SMILES string of the molecule is COc1ccc(-c2noc(CCC(=O)N3CCCN3C(=O)Nc3cccc4ccccc34)n2)cc1. The van der Waals surface area contributed by atoms with Gasteiger partial charge in [0.1, 0.15) is 5.75 Å². The number of ether oxygens (including phenoxy) is 1. The van der Waals surface area contributed by atoms with Gasteiger partial charge in [-0.3, -0.25) is 9.80 Å². The molecule has 0 aliphatic carbocycles. The molecule has 1 saturated heterocycles. The van der Waals surface area contributed by atoms with Gasteiger partial charge in [0.2, 0.25) is 17.6 Å². The van der Waals surface area contributed by atoms with Crippen LogP contribution in [0.15, 0.2) is 71.3 Å². The van der Waals surface area contributed by atoms with Crippen LogP contribution in [0.2, 0.25) is 0 Å². The number of nitrogens with one attached hydrogen (secondary N) is 1. The zero-order valence-electron chi connectivity index (χ0n) is 19.3. The van der Waals surface area contributed by atoms with Crippen molar-refractivity contribution in [2.45, 2.75) is 19.3 Å². The van der Waals surface area contributed by atoms with Crippen molar-refractivity contribution >= 4 is 28.4 Å². The van der Waals surface area contributed by atoms with Crippen LogP contribution in [0.25, 0.3) is 22.2 Å². The minimum absolute atomic E-state index is 0.155. The van der Waals surface area contributed by atoms with Crippen LogP contribution in [0.5, 0.6) is 5.75 Å². The average Bonchev–Trinajstić information content (AvgIpc) is 3.58. The van der Waals surface area contributed by atoms with Crippen LogP contribution in [0.3, 0.4) is 0 Å². The molecule has 0 spiro atoms. The number of aryl methyl sites for hydroxylation is 1. The van der Waals surface area contributed by atoms with Crippen LogP contribution in [-0.4, -0.2) is 52.3 Å². The Kier molecular flexibility index (Phi) is 6.30. The highest BCUT2D eigenvalue weighted by atomic mass is 16.5. The van der Waals surface area contributed by atoms with Gasteiger partial charge in [0.05, 0.1) is 12.8 Å². The Morgan fingerprint density at radius 3 is 2.60 bits per heavy atom. The predicted octanol–water partition coefficient (Wildman–Crippen LogP) is 4.51. The number of amides is 3. The molecule has 0 unspecified atom stereocenters. The molecule has 9 heteroatoms. The Balaban J connectivity index is 1.21. The number of fused-ring (bicyclic) bond motifs is 1. The lowest BCUT2D eigenvalue weighted by molar-refractivity contribution is -0.139. The Bertz CT molecular complexity index is 1350. The number of hydrogen-bond acceptors (Lipinski definition) is 6. The molecule has 5 rings (SSSR count). The van der Waals surface area contributed by atoms with E-state index in [0.717, 1.165) is 28.5 Å². The molecular weight excluding hydrogens is 446 g/mol. The van der Waals surface area contributed by atoms with Gasteiger partial charge in [-0.1, -0.05) is 41.6 Å². The summed E-state index contributed by atoms with van der Waals surface area (Å²) in [6, 6.07) is 20.6. The van der Waals surface area contributed by atoms with Crippen LogP contribution in [0, 0.1) is 0 Å². The second-order valence-electron chi connectivity index (χ2n) is 8.19. The molecular formula is C26H25N5O4. The van der Waals surface area contributed by atoms with Gasteiger partial charge in [0.15, 0.2) is 0 Å². The first kappa shape index (κ1) is 22.4. The highest BCUT2D eigenvalue weighted by Gasteiger charge is 2.31. The molecule has 3 aromatic carbocycles. The molecule has 2 heterocycles. The standard InChI is InChI=1S/C26H25N5O4/c1-34-20-12-10-19(11-13-20)25-28-23(35-29-25)14-15-24(32)30-16-5-17-31(30)26(33)27-22-9-4-7-18-6-2-3-8-21(18)22/h2-4,6-13H,5,14-17H2,1H3,(H,27,33). The molecule has 0 bridgehead atoms. The molecule has 1 aliphatic rings. The number of hydrazine groups is 1. The first-order valence-corrected chi connectivity index (χ1v) is 11.5. The summed E-state index contributed by atoms with van der Waals surface area (Å²) in [5.41, 5.74) is 1.51. The van der Waals surface area contributed by atoms with Crippen LogP contribution in [-0.2, 0) is 11.2 Å². The third kappa shape index (κ3) is 4.79. The molecule has 1 aliphatic heterocycles. The van der Waals surface area contributed by atoms with E-state index in [9.17, 15) is 9.59 Å². The first-order chi connectivity index (χ1) is 17.1. The van der Waals surface area contributed by atoms with Crippen molar-refractivity contribution in [2.24, 2.45) is 0 Å². The lowest BCUT2D eigenvalue weighted by Crippen LogP contribution is -2.46. The molecule has 1 aromatic heterocycles. The van der Waals surface area contributed by atoms with Crippen molar-refractivity contribution in [2.75, 3.05) is 25.5 Å². The van der Waals surface area contributed by atoms with E-state index in [2.05, 4.69) is 15.5 Å². The van der Waals surface area contributed by atoms with Crippen LogP contribution >= 0.6 is 0 Å². The maximum atomic E-state index is 13.0. The van der Waals surface area contributed by atoms with E-state index in [0.29, 0.717) is 30.5 Å². The minimum Gasteiger partial charge on any atom is -0.497 e. The smallest absolute Gasteiger partial charge is 0.340 e. The van der Waals surface area contributed by atoms with Crippen molar-refractivity contribution in [1.82, 2.24) is 20.2 Å². The average molecular weight is 472 g/mol. The summed E-state index contributed by atoms with van der Waals surface area (Å²) in [6.45, 7) is 0.966. The molecule has 1 N–H and O–H groups in total. The Labute approximate surface area is 202 Å². The van der Waals surface area contributed by atoms with Gasteiger partial charge in [0.25, 0.3) is 0 Å². The fourth-order valence-electron chi connectivity index (χ4n) is 4.15. The van der Waals surface area contributed by atoms with Crippen LogP contribution in [0.4, 0.5) is 10.5 Å². The van der Waals surface area contributed by atoms with E-state index in [1.54, 1.807) is 7.11 Å². The van der Waals surface area contributed by atoms with Crippen LogP contribution in [0.1, 0.15) is 18.7 Å². The molecule has 4 aromatic rings.